The highest BCUT2D eigenvalue weighted by Gasteiger charge is 2.41. The molecule has 3 heteroatoms. The largest absolute Gasteiger partial charge is 0.324 e. The van der Waals surface area contributed by atoms with Crippen molar-refractivity contribution in [3.63, 3.8) is 0 Å². The van der Waals surface area contributed by atoms with E-state index in [-0.39, 0.29) is 0 Å². The maximum Gasteiger partial charge on any atom is 0.324 e. The Labute approximate surface area is 347 Å². The van der Waals surface area contributed by atoms with E-state index in [1.807, 2.05) is 6.20 Å². The van der Waals surface area contributed by atoms with Gasteiger partial charge in [0.25, 0.3) is 0 Å². The van der Waals surface area contributed by atoms with Crippen LogP contribution < -0.4 is 0 Å². The van der Waals surface area contributed by atoms with Crippen molar-refractivity contribution in [3.8, 4) is 0 Å². The molecule has 1 amide bonds. The number of unbranched alkanes of at least 4 members (excludes halogenated alkanes) is 39. The zero-order valence-corrected chi connectivity index (χ0v) is 38.3. The van der Waals surface area contributed by atoms with Crippen LogP contribution in [0.4, 0.5) is 0 Å². The van der Waals surface area contributed by atoms with Gasteiger partial charge in [0.05, 0.1) is 19.2 Å². The predicted octanol–water partition coefficient (Wildman–Crippen LogP) is 18.4. The van der Waals surface area contributed by atoms with Crippen molar-refractivity contribution in [3.05, 3.63) is 12.4 Å². The van der Waals surface area contributed by atoms with Gasteiger partial charge >= 0.3 is 5.91 Å². The molecule has 1 heterocycles. The number of quaternary nitrogens is 1. The second-order valence-electron chi connectivity index (χ2n) is 18.1. The van der Waals surface area contributed by atoms with E-state index in [9.17, 15) is 4.79 Å². The fourth-order valence-electron chi connectivity index (χ4n) is 8.95. The monoisotopic (exact) mass is 770 g/mol. The molecule has 1 aliphatic rings. The number of nitrogens with zero attached hydrogens (tertiary/aromatic N) is 2. The van der Waals surface area contributed by atoms with Gasteiger partial charge in [0, 0.05) is 6.42 Å². The van der Waals surface area contributed by atoms with Crippen LogP contribution in [0, 0.1) is 0 Å². The number of hydrogen-bond donors (Lipinski definition) is 0. The normalized spacial score (nSPS) is 15.4. The highest BCUT2D eigenvalue weighted by molar-refractivity contribution is 5.90. The van der Waals surface area contributed by atoms with E-state index in [2.05, 4.69) is 27.0 Å². The molecule has 0 aliphatic carbocycles. The van der Waals surface area contributed by atoms with Crippen molar-refractivity contribution in [2.75, 3.05) is 6.54 Å². The number of amidine groups is 1. The van der Waals surface area contributed by atoms with Crippen LogP contribution in [-0.2, 0) is 4.79 Å². The molecular formula is C52H101N2O+. The summed E-state index contributed by atoms with van der Waals surface area (Å²) in [5, 5.41) is 0. The molecule has 0 N–H and O–H groups in total. The first kappa shape index (κ1) is 52.1. The fourth-order valence-corrected chi connectivity index (χ4v) is 8.95. The molecule has 1 atom stereocenters. The fraction of sp³-hybridized carbons (Fsp3) is 0.923. The van der Waals surface area contributed by atoms with E-state index in [1.165, 1.54) is 257 Å². The van der Waals surface area contributed by atoms with Gasteiger partial charge in [-0.05, 0) is 25.7 Å². The van der Waals surface area contributed by atoms with Crippen molar-refractivity contribution < 1.29 is 9.28 Å². The third-order valence-corrected chi connectivity index (χ3v) is 12.8. The molecule has 0 bridgehead atoms. The molecule has 0 aromatic heterocycles. The summed E-state index contributed by atoms with van der Waals surface area (Å²) >= 11 is 0. The summed E-state index contributed by atoms with van der Waals surface area (Å²) < 4.78 is 0.454. The summed E-state index contributed by atoms with van der Waals surface area (Å²) in [5.74, 6) is 1.58. The smallest absolute Gasteiger partial charge is 0.230 e. The Morgan fingerprint density at radius 2 is 0.655 bits per heavy atom. The first-order chi connectivity index (χ1) is 27.2. The summed E-state index contributed by atoms with van der Waals surface area (Å²) in [6.45, 7) is 7.84. The van der Waals surface area contributed by atoms with Crippen LogP contribution in [0.3, 0.4) is 0 Å². The molecule has 0 aromatic carbocycles. The summed E-state index contributed by atoms with van der Waals surface area (Å²) in [6, 6.07) is 0. The van der Waals surface area contributed by atoms with E-state index in [0.29, 0.717) is 10.4 Å². The Morgan fingerprint density at radius 1 is 0.382 bits per heavy atom. The Kier molecular flexibility index (Phi) is 39.0. The summed E-state index contributed by atoms with van der Waals surface area (Å²) in [4.78, 5) is 18.9. The van der Waals surface area contributed by atoms with Gasteiger partial charge in [-0.3, -0.25) is 0 Å². The second-order valence-corrected chi connectivity index (χ2v) is 18.1. The Balaban J connectivity index is 2.35. The lowest BCUT2D eigenvalue weighted by atomic mass is 10.0. The molecule has 0 saturated heterocycles. The lowest BCUT2D eigenvalue weighted by Crippen LogP contribution is -2.52. The van der Waals surface area contributed by atoms with Gasteiger partial charge in [0.15, 0.2) is 0 Å². The highest BCUT2D eigenvalue weighted by atomic mass is 16.2. The van der Waals surface area contributed by atoms with Crippen molar-refractivity contribution in [2.45, 2.75) is 303 Å². The van der Waals surface area contributed by atoms with Gasteiger partial charge < -0.3 is 0 Å². The van der Waals surface area contributed by atoms with Crippen molar-refractivity contribution in [1.29, 1.82) is 0 Å². The van der Waals surface area contributed by atoms with E-state index in [1.54, 1.807) is 0 Å². The molecule has 0 saturated carbocycles. The van der Waals surface area contributed by atoms with Gasteiger partial charge in [-0.15, -0.1) is 0 Å². The molecule has 3 nitrogen and oxygen atoms in total. The lowest BCUT2D eigenvalue weighted by Gasteiger charge is -2.30. The summed E-state index contributed by atoms with van der Waals surface area (Å²) in [7, 11) is 0. The maximum atomic E-state index is 14.0. The molecule has 1 aliphatic heterocycles. The zero-order valence-electron chi connectivity index (χ0n) is 38.3. The minimum Gasteiger partial charge on any atom is -0.230 e. The predicted molar refractivity (Wildman–Crippen MR) is 247 cm³/mol. The van der Waals surface area contributed by atoms with Gasteiger partial charge in [-0.25, -0.2) is 9.79 Å². The van der Waals surface area contributed by atoms with E-state index >= 15 is 0 Å². The van der Waals surface area contributed by atoms with Crippen LogP contribution in [0.5, 0.6) is 0 Å². The topological polar surface area (TPSA) is 29.4 Å². The average Bonchev–Trinajstić information content (AvgIpc) is 3.61. The van der Waals surface area contributed by atoms with Crippen molar-refractivity contribution in [1.82, 2.24) is 0 Å². The Hall–Kier alpha value is -0.960. The number of rotatable bonds is 45. The number of carbonyl (C=O) groups excluding carboxylic acids is 1. The Morgan fingerprint density at radius 3 is 0.982 bits per heavy atom. The molecule has 0 aromatic rings. The summed E-state index contributed by atoms with van der Waals surface area (Å²) in [6.07, 6.45) is 63.5. The minimum absolute atomic E-state index is 0.423. The number of hydrogen-bond acceptors (Lipinski definition) is 2. The molecular weight excluding hydrogens is 669 g/mol. The number of aliphatic imine (C=N–C) groups is 1. The van der Waals surface area contributed by atoms with Crippen molar-refractivity contribution >= 4 is 11.7 Å². The van der Waals surface area contributed by atoms with Gasteiger partial charge in [0.2, 0.25) is 5.84 Å². The van der Waals surface area contributed by atoms with Crippen LogP contribution >= 0.6 is 0 Å². The van der Waals surface area contributed by atoms with E-state index in [4.69, 9.17) is 4.99 Å². The van der Waals surface area contributed by atoms with E-state index < -0.39 is 0 Å². The van der Waals surface area contributed by atoms with Crippen LogP contribution in [-0.4, -0.2) is 22.8 Å². The zero-order chi connectivity index (χ0) is 39.6. The standard InChI is InChI=1S/C52H101N2O/c1-4-7-10-13-16-19-22-25-28-31-34-37-40-43-46-51-53-48-50-54(51,49-45-42-39-36-33-30-27-24-21-18-15-12-9-6-3)52(55)47-44-41-38-35-32-29-26-23-20-17-14-11-8-5-2/h48,50H,4-47,49H2,1-3H3/q+1. The first-order valence-corrected chi connectivity index (χ1v) is 25.9. The molecule has 0 fully saturated rings. The molecule has 0 radical (unpaired) electrons. The molecule has 1 rings (SSSR count). The minimum atomic E-state index is 0.423. The number of carbonyl (C=O) groups is 1. The third kappa shape index (κ3) is 30.7. The van der Waals surface area contributed by atoms with Crippen LogP contribution in [0.2, 0.25) is 0 Å². The third-order valence-electron chi connectivity index (χ3n) is 12.8. The highest BCUT2D eigenvalue weighted by Crippen LogP contribution is 2.27. The maximum absolute atomic E-state index is 14.0. The quantitative estimate of drug-likeness (QED) is 0.0448. The molecule has 0 spiro atoms. The Bertz CT molecular complexity index is 864. The average molecular weight is 770 g/mol. The van der Waals surface area contributed by atoms with Gasteiger partial charge in [-0.2, -0.15) is 4.48 Å². The van der Waals surface area contributed by atoms with Crippen molar-refractivity contribution in [2.24, 2.45) is 4.99 Å². The molecule has 324 valence electrons. The van der Waals surface area contributed by atoms with Crippen LogP contribution in [0.15, 0.2) is 17.4 Å². The van der Waals surface area contributed by atoms with Gasteiger partial charge in [0.1, 0.15) is 6.20 Å². The summed E-state index contributed by atoms with van der Waals surface area (Å²) in [5.41, 5.74) is 0. The molecule has 55 heavy (non-hydrogen) atoms. The van der Waals surface area contributed by atoms with Gasteiger partial charge in [-0.1, -0.05) is 265 Å². The second kappa shape index (κ2) is 41.2. The molecule has 1 unspecified atom stereocenters. The number of amides is 1. The van der Waals surface area contributed by atoms with Crippen LogP contribution in [0.1, 0.15) is 303 Å². The van der Waals surface area contributed by atoms with E-state index in [0.717, 1.165) is 38.1 Å². The lowest BCUT2D eigenvalue weighted by molar-refractivity contribution is -0.708. The first-order valence-electron chi connectivity index (χ1n) is 25.9. The van der Waals surface area contributed by atoms with Crippen LogP contribution in [0.25, 0.3) is 0 Å². The SMILES string of the molecule is CCCCCCCCCCCCCCCCC(=O)[N+]1(CCCCCCCCCCCCCCCC)C=CN=C1CCCCCCCCCCCCCCCC.